The van der Waals surface area contributed by atoms with Crippen molar-refractivity contribution in [3.05, 3.63) is 40.4 Å². The van der Waals surface area contributed by atoms with Crippen molar-refractivity contribution in [1.29, 1.82) is 0 Å². The third kappa shape index (κ3) is 5.23. The lowest BCUT2D eigenvalue weighted by Crippen LogP contribution is -2.15. The molecule has 170 valence electrons. The molecule has 0 aliphatic heterocycles. The van der Waals surface area contributed by atoms with Crippen molar-refractivity contribution in [2.45, 2.75) is 18.6 Å². The van der Waals surface area contributed by atoms with Gasteiger partial charge < -0.3 is 24.1 Å². The molecular weight excluding hydrogens is 475 g/mol. The predicted molar refractivity (Wildman–Crippen MR) is 127 cm³/mol. The summed E-state index contributed by atoms with van der Waals surface area (Å²) in [5.41, 5.74) is 1.20. The van der Waals surface area contributed by atoms with Gasteiger partial charge in [0.1, 0.15) is 0 Å². The van der Waals surface area contributed by atoms with E-state index >= 15 is 0 Å². The minimum absolute atomic E-state index is 0.121. The van der Waals surface area contributed by atoms with Crippen molar-refractivity contribution in [2.24, 2.45) is 0 Å². The molecule has 0 aliphatic rings. The summed E-state index contributed by atoms with van der Waals surface area (Å²) in [5.74, 6) is 2.02. The van der Waals surface area contributed by atoms with Gasteiger partial charge in [-0.1, -0.05) is 35.0 Å². The number of hydrogen-bond acceptors (Lipinski definition) is 7. The molecule has 1 N–H and O–H groups in total. The molecule has 3 rings (SSSR count). The minimum atomic E-state index is -0.237. The monoisotopic (exact) mass is 496 g/mol. The number of nitrogens with one attached hydrogen (secondary N) is 1. The molecule has 1 aromatic heterocycles. The molecule has 2 aromatic carbocycles. The topological polar surface area (TPSA) is 87.5 Å². The van der Waals surface area contributed by atoms with E-state index in [1.807, 2.05) is 11.5 Å². The van der Waals surface area contributed by atoms with E-state index in [1.165, 1.54) is 11.8 Å². The first-order valence-electron chi connectivity index (χ1n) is 9.53. The van der Waals surface area contributed by atoms with Crippen LogP contribution < -0.4 is 19.5 Å². The van der Waals surface area contributed by atoms with E-state index in [1.54, 1.807) is 51.7 Å². The summed E-state index contributed by atoms with van der Waals surface area (Å²) in [6.45, 7) is 2.57. The number of nitrogens with zero attached hydrogens (tertiary/aromatic N) is 3. The van der Waals surface area contributed by atoms with Gasteiger partial charge in [-0.3, -0.25) is 4.79 Å². The number of ether oxygens (including phenoxy) is 3. The van der Waals surface area contributed by atoms with Gasteiger partial charge in [-0.15, -0.1) is 10.2 Å². The fourth-order valence-corrected chi connectivity index (χ4v) is 4.15. The van der Waals surface area contributed by atoms with Gasteiger partial charge in [0, 0.05) is 17.1 Å². The molecule has 0 radical (unpaired) electrons. The van der Waals surface area contributed by atoms with E-state index in [0.29, 0.717) is 50.5 Å². The van der Waals surface area contributed by atoms with Crippen LogP contribution in [0.3, 0.4) is 0 Å². The largest absolute Gasteiger partial charge is 0.493 e. The summed E-state index contributed by atoms with van der Waals surface area (Å²) in [4.78, 5) is 12.4. The van der Waals surface area contributed by atoms with E-state index < -0.39 is 0 Å². The third-order valence-corrected chi connectivity index (χ3v) is 6.02. The molecule has 3 aromatic rings. The van der Waals surface area contributed by atoms with Gasteiger partial charge in [0.25, 0.3) is 0 Å². The molecule has 0 bridgehead atoms. The molecule has 11 heteroatoms. The van der Waals surface area contributed by atoms with Crippen LogP contribution in [0, 0.1) is 0 Å². The molecule has 1 amide bonds. The van der Waals surface area contributed by atoms with Crippen LogP contribution in [-0.4, -0.2) is 47.8 Å². The molecular formula is C21H22Cl2N4O4S. The first-order chi connectivity index (χ1) is 15.4. The summed E-state index contributed by atoms with van der Waals surface area (Å²) in [7, 11) is 4.65. The summed E-state index contributed by atoms with van der Waals surface area (Å²) in [6.07, 6.45) is 0. The minimum Gasteiger partial charge on any atom is -0.493 e. The second-order valence-corrected chi connectivity index (χ2v) is 8.21. The van der Waals surface area contributed by atoms with Gasteiger partial charge in [-0.2, -0.15) is 0 Å². The van der Waals surface area contributed by atoms with E-state index in [2.05, 4.69) is 15.5 Å². The van der Waals surface area contributed by atoms with E-state index in [0.717, 1.165) is 5.56 Å². The maximum atomic E-state index is 12.4. The number of methoxy groups -OCH3 is 3. The molecule has 0 fully saturated rings. The Hall–Kier alpha value is -2.62. The summed E-state index contributed by atoms with van der Waals surface area (Å²) in [5, 5.41) is 12.8. The highest BCUT2D eigenvalue weighted by Gasteiger charge is 2.20. The number of anilines is 1. The first-order valence-corrected chi connectivity index (χ1v) is 11.3. The average Bonchev–Trinajstić information content (AvgIpc) is 3.21. The number of carbonyl (C=O) groups excluding carboxylic acids is 1. The van der Waals surface area contributed by atoms with Crippen LogP contribution in [0.5, 0.6) is 17.2 Å². The van der Waals surface area contributed by atoms with Crippen LogP contribution in [0.4, 0.5) is 5.69 Å². The second kappa shape index (κ2) is 10.8. The van der Waals surface area contributed by atoms with Gasteiger partial charge in [0.15, 0.2) is 22.5 Å². The lowest BCUT2D eigenvalue weighted by Gasteiger charge is -2.14. The first kappa shape index (κ1) is 24.0. The number of hydrogen-bond donors (Lipinski definition) is 1. The van der Waals surface area contributed by atoms with Crippen molar-refractivity contribution >= 4 is 46.6 Å². The number of benzene rings is 2. The maximum absolute atomic E-state index is 12.4. The zero-order valence-corrected chi connectivity index (χ0v) is 20.3. The maximum Gasteiger partial charge on any atom is 0.234 e. The smallest absolute Gasteiger partial charge is 0.234 e. The zero-order chi connectivity index (χ0) is 23.3. The number of carbonyl (C=O) groups is 1. The average molecular weight is 497 g/mol. The summed E-state index contributed by atoms with van der Waals surface area (Å²) < 4.78 is 18.2. The van der Waals surface area contributed by atoms with Crippen LogP contribution >= 0.6 is 35.0 Å². The Morgan fingerprint density at radius 3 is 2.34 bits per heavy atom. The van der Waals surface area contributed by atoms with Gasteiger partial charge in [0.05, 0.1) is 37.8 Å². The zero-order valence-electron chi connectivity index (χ0n) is 17.9. The second-order valence-electron chi connectivity index (χ2n) is 6.43. The van der Waals surface area contributed by atoms with E-state index in [9.17, 15) is 4.79 Å². The molecule has 0 spiro atoms. The van der Waals surface area contributed by atoms with Crippen LogP contribution in [0.15, 0.2) is 35.5 Å². The molecule has 0 atom stereocenters. The lowest BCUT2D eigenvalue weighted by molar-refractivity contribution is -0.113. The van der Waals surface area contributed by atoms with Gasteiger partial charge in [-0.05, 0) is 37.3 Å². The molecule has 0 saturated carbocycles. The number of amides is 1. The Labute approximate surface area is 200 Å². The van der Waals surface area contributed by atoms with Crippen molar-refractivity contribution in [3.63, 3.8) is 0 Å². The van der Waals surface area contributed by atoms with Crippen molar-refractivity contribution in [3.8, 4) is 28.6 Å². The molecule has 1 heterocycles. The SMILES string of the molecule is CCn1c(SCC(=O)Nc2cc(Cl)ccc2Cl)nnc1-c1cc(OC)c(OC)c(OC)c1. The van der Waals surface area contributed by atoms with Crippen LogP contribution in [0.1, 0.15) is 6.92 Å². The fraction of sp³-hybridized carbons (Fsp3) is 0.286. The van der Waals surface area contributed by atoms with Crippen LogP contribution in [0.25, 0.3) is 11.4 Å². The summed E-state index contributed by atoms with van der Waals surface area (Å²) >= 11 is 13.4. The van der Waals surface area contributed by atoms with Gasteiger partial charge in [0.2, 0.25) is 11.7 Å². The van der Waals surface area contributed by atoms with Crippen molar-refractivity contribution in [1.82, 2.24) is 14.8 Å². The molecule has 32 heavy (non-hydrogen) atoms. The van der Waals surface area contributed by atoms with Crippen molar-refractivity contribution in [2.75, 3.05) is 32.4 Å². The highest BCUT2D eigenvalue weighted by molar-refractivity contribution is 7.99. The Kier molecular flexibility index (Phi) is 8.11. The fourth-order valence-electron chi connectivity index (χ4n) is 3.01. The molecule has 0 saturated heterocycles. The standard InChI is InChI=1S/C21H22Cl2N4O4S/c1-5-27-20(12-8-16(29-2)19(31-4)17(9-12)30-3)25-26-21(27)32-11-18(28)24-15-10-13(22)6-7-14(15)23/h6-10H,5,11H2,1-4H3,(H,24,28). The van der Waals surface area contributed by atoms with E-state index in [4.69, 9.17) is 37.4 Å². The Bertz CT molecular complexity index is 1100. The van der Waals surface area contributed by atoms with Gasteiger partial charge in [-0.25, -0.2) is 0 Å². The number of halogens is 2. The Balaban J connectivity index is 1.81. The molecule has 0 aliphatic carbocycles. The Morgan fingerprint density at radius 1 is 1.06 bits per heavy atom. The van der Waals surface area contributed by atoms with Crippen LogP contribution in [0.2, 0.25) is 10.0 Å². The predicted octanol–water partition coefficient (Wildman–Crippen LogP) is 5.03. The lowest BCUT2D eigenvalue weighted by atomic mass is 10.1. The van der Waals surface area contributed by atoms with Gasteiger partial charge >= 0.3 is 0 Å². The third-order valence-electron chi connectivity index (χ3n) is 4.49. The Morgan fingerprint density at radius 2 is 1.75 bits per heavy atom. The normalized spacial score (nSPS) is 10.7. The molecule has 0 unspecified atom stereocenters. The number of aromatic nitrogens is 3. The highest BCUT2D eigenvalue weighted by Crippen LogP contribution is 2.41. The van der Waals surface area contributed by atoms with Crippen molar-refractivity contribution < 1.29 is 19.0 Å². The summed E-state index contributed by atoms with van der Waals surface area (Å²) in [6, 6.07) is 8.50. The van der Waals surface area contributed by atoms with Crippen LogP contribution in [-0.2, 0) is 11.3 Å². The quantitative estimate of drug-likeness (QED) is 0.415. The number of thioether (sulfide) groups is 1. The number of rotatable bonds is 9. The van der Waals surface area contributed by atoms with E-state index in [-0.39, 0.29) is 11.7 Å². The highest BCUT2D eigenvalue weighted by atomic mass is 35.5. The molecule has 8 nitrogen and oxygen atoms in total.